The van der Waals surface area contributed by atoms with E-state index in [4.69, 9.17) is 4.74 Å². The first-order valence-corrected chi connectivity index (χ1v) is 11.5. The van der Waals surface area contributed by atoms with Crippen LogP contribution in [0, 0.1) is 30.6 Å². The molecule has 2 heterocycles. The highest BCUT2D eigenvalue weighted by atomic mass is 32.1. The van der Waals surface area contributed by atoms with Gasteiger partial charge in [-0.05, 0) is 81.3 Å². The van der Waals surface area contributed by atoms with Gasteiger partial charge in [0.15, 0.2) is 5.78 Å². The zero-order valence-electron chi connectivity index (χ0n) is 16.4. The monoisotopic (exact) mass is 403 g/mol. The number of ketones is 1. The second-order valence-electron chi connectivity index (χ2n) is 9.57. The Bertz CT molecular complexity index is 780. The summed E-state index contributed by atoms with van der Waals surface area (Å²) in [4.78, 5) is 27.2. The van der Waals surface area contributed by atoms with Gasteiger partial charge in [-0.3, -0.25) is 9.59 Å². The first kappa shape index (κ1) is 18.8. The van der Waals surface area contributed by atoms with Crippen molar-refractivity contribution in [2.75, 3.05) is 13.2 Å². The summed E-state index contributed by atoms with van der Waals surface area (Å²) < 4.78 is 5.36. The van der Waals surface area contributed by atoms with Crippen molar-refractivity contribution >= 4 is 23.0 Å². The molecule has 1 amide bonds. The molecule has 6 rings (SSSR count). The summed E-state index contributed by atoms with van der Waals surface area (Å²) in [5, 5.41) is 14.0. The van der Waals surface area contributed by atoms with Crippen LogP contribution in [-0.4, -0.2) is 41.7 Å². The van der Waals surface area contributed by atoms with Crippen LogP contribution < -0.4 is 5.32 Å². The minimum atomic E-state index is -0.486. The molecular weight excluding hydrogens is 374 g/mol. The van der Waals surface area contributed by atoms with Crippen LogP contribution in [0.4, 0.5) is 0 Å². The Labute approximate surface area is 169 Å². The number of aliphatic hydroxyl groups is 1. The predicted molar refractivity (Wildman–Crippen MR) is 107 cm³/mol. The number of ether oxygens (including phenoxy) is 1. The third-order valence-corrected chi connectivity index (χ3v) is 8.75. The van der Waals surface area contributed by atoms with E-state index in [1.807, 2.05) is 13.0 Å². The molecule has 4 saturated carbocycles. The molecule has 5 atom stereocenters. The van der Waals surface area contributed by atoms with E-state index in [9.17, 15) is 14.7 Å². The van der Waals surface area contributed by atoms with Gasteiger partial charge in [-0.25, -0.2) is 0 Å². The van der Waals surface area contributed by atoms with Gasteiger partial charge in [0, 0.05) is 25.2 Å². The molecule has 6 heteroatoms. The molecule has 2 N–H and O–H groups in total. The number of nitrogens with one attached hydrogen (secondary N) is 1. The van der Waals surface area contributed by atoms with Crippen molar-refractivity contribution < 1.29 is 19.4 Å². The quantitative estimate of drug-likeness (QED) is 0.756. The molecule has 4 aliphatic carbocycles. The SMILES string of the molecule is Cc1cc(C(=O)C2CCOCC2)sc1C(=O)NC1[C@@H]2CC3C[C@H]1CC(O)(C3)C2. The smallest absolute Gasteiger partial charge is 0.261 e. The minimum Gasteiger partial charge on any atom is -0.390 e. The molecule has 1 aromatic rings. The highest BCUT2D eigenvalue weighted by molar-refractivity contribution is 7.16. The molecule has 5 aliphatic rings. The van der Waals surface area contributed by atoms with Gasteiger partial charge in [-0.1, -0.05) is 0 Å². The molecule has 0 aromatic carbocycles. The van der Waals surface area contributed by atoms with Gasteiger partial charge < -0.3 is 15.2 Å². The number of hydrogen-bond donors (Lipinski definition) is 2. The zero-order chi connectivity index (χ0) is 19.5. The van der Waals surface area contributed by atoms with Gasteiger partial charge in [0.2, 0.25) is 0 Å². The molecule has 5 fully saturated rings. The zero-order valence-corrected chi connectivity index (χ0v) is 17.2. The van der Waals surface area contributed by atoms with Gasteiger partial charge in [0.05, 0.1) is 15.4 Å². The first-order chi connectivity index (χ1) is 13.4. The summed E-state index contributed by atoms with van der Waals surface area (Å²) in [6.07, 6.45) is 6.38. The van der Waals surface area contributed by atoms with Gasteiger partial charge in [0.25, 0.3) is 5.91 Å². The van der Waals surface area contributed by atoms with E-state index in [1.54, 1.807) is 0 Å². The standard InChI is InChI=1S/C22H29NO4S/c1-12-6-17(19(24)14-2-4-27-5-3-14)28-20(12)21(25)23-18-15-7-13-8-16(18)11-22(26,9-13)10-15/h6,13-16,18,26H,2-5,7-11H2,1H3,(H,23,25)/t13?,15-,16+,18?,22?. The van der Waals surface area contributed by atoms with Crippen LogP contribution >= 0.6 is 11.3 Å². The minimum absolute atomic E-state index is 0.0212. The Kier molecular flexibility index (Phi) is 4.64. The number of aryl methyl sites for hydroxylation is 1. The molecule has 28 heavy (non-hydrogen) atoms. The molecule has 1 aromatic heterocycles. The lowest BCUT2D eigenvalue weighted by Crippen LogP contribution is -2.61. The van der Waals surface area contributed by atoms with Gasteiger partial charge in [0.1, 0.15) is 0 Å². The van der Waals surface area contributed by atoms with Crippen LogP contribution in [-0.2, 0) is 4.74 Å². The lowest BCUT2D eigenvalue weighted by Gasteiger charge is -2.58. The van der Waals surface area contributed by atoms with Crippen molar-refractivity contribution in [1.29, 1.82) is 0 Å². The summed E-state index contributed by atoms with van der Waals surface area (Å²) in [6, 6.07) is 2.05. The van der Waals surface area contributed by atoms with Crippen molar-refractivity contribution in [3.63, 3.8) is 0 Å². The third-order valence-electron chi connectivity index (χ3n) is 7.50. The second-order valence-corrected chi connectivity index (χ2v) is 10.6. The van der Waals surface area contributed by atoms with Crippen LogP contribution in [0.25, 0.3) is 0 Å². The summed E-state index contributed by atoms with van der Waals surface area (Å²) >= 11 is 1.34. The number of hydrogen-bond acceptors (Lipinski definition) is 5. The van der Waals surface area contributed by atoms with Crippen LogP contribution in [0.5, 0.6) is 0 Å². The van der Waals surface area contributed by atoms with Crippen LogP contribution in [0.15, 0.2) is 6.07 Å². The van der Waals surface area contributed by atoms with E-state index in [-0.39, 0.29) is 23.7 Å². The lowest BCUT2D eigenvalue weighted by molar-refractivity contribution is -0.136. The molecule has 0 radical (unpaired) electrons. The van der Waals surface area contributed by atoms with Gasteiger partial charge in [-0.15, -0.1) is 11.3 Å². The predicted octanol–water partition coefficient (Wildman–Crippen LogP) is 3.34. The first-order valence-electron chi connectivity index (χ1n) is 10.7. The van der Waals surface area contributed by atoms with Crippen molar-refractivity contribution in [1.82, 2.24) is 5.32 Å². The van der Waals surface area contributed by atoms with Gasteiger partial charge >= 0.3 is 0 Å². The fourth-order valence-corrected chi connectivity index (χ4v) is 7.52. The van der Waals surface area contributed by atoms with Crippen molar-refractivity contribution in [3.05, 3.63) is 21.4 Å². The number of carbonyl (C=O) groups is 2. The largest absolute Gasteiger partial charge is 0.390 e. The van der Waals surface area contributed by atoms with E-state index < -0.39 is 5.60 Å². The Balaban J connectivity index is 1.30. The highest BCUT2D eigenvalue weighted by Crippen LogP contribution is 2.55. The number of thiophene rings is 1. The average molecular weight is 404 g/mol. The molecule has 4 bridgehead atoms. The molecule has 1 saturated heterocycles. The van der Waals surface area contributed by atoms with E-state index in [0.717, 1.165) is 50.5 Å². The van der Waals surface area contributed by atoms with Crippen molar-refractivity contribution in [2.45, 2.75) is 63.5 Å². The Hall–Kier alpha value is -1.24. The molecular formula is C22H29NO4S. The lowest BCUT2D eigenvalue weighted by atomic mass is 9.52. The van der Waals surface area contributed by atoms with Crippen LogP contribution in [0.1, 0.15) is 69.9 Å². The number of carbonyl (C=O) groups excluding carboxylic acids is 2. The molecule has 1 aliphatic heterocycles. The Morgan fingerprint density at radius 3 is 2.50 bits per heavy atom. The topological polar surface area (TPSA) is 75.6 Å². The van der Waals surface area contributed by atoms with Crippen LogP contribution in [0.3, 0.4) is 0 Å². The number of rotatable bonds is 4. The van der Waals surface area contributed by atoms with E-state index in [2.05, 4.69) is 5.32 Å². The maximum atomic E-state index is 13.1. The second kappa shape index (κ2) is 6.92. The molecule has 3 unspecified atom stereocenters. The third kappa shape index (κ3) is 3.23. The van der Waals surface area contributed by atoms with E-state index in [1.165, 1.54) is 11.3 Å². The summed E-state index contributed by atoms with van der Waals surface area (Å²) in [6.45, 7) is 3.21. The van der Waals surface area contributed by atoms with Crippen LogP contribution in [0.2, 0.25) is 0 Å². The number of Topliss-reactive ketones (excluding diaryl/α,β-unsaturated/α-hetero) is 1. The normalized spacial score (nSPS) is 37.2. The maximum absolute atomic E-state index is 13.1. The average Bonchev–Trinajstić information content (AvgIpc) is 3.05. The Morgan fingerprint density at radius 1 is 1.18 bits per heavy atom. The van der Waals surface area contributed by atoms with Crippen molar-refractivity contribution in [2.24, 2.45) is 23.7 Å². The van der Waals surface area contributed by atoms with Crippen molar-refractivity contribution in [3.8, 4) is 0 Å². The number of amides is 1. The molecule has 152 valence electrons. The molecule has 5 nitrogen and oxygen atoms in total. The summed E-state index contributed by atoms with van der Waals surface area (Å²) in [7, 11) is 0. The summed E-state index contributed by atoms with van der Waals surface area (Å²) in [5.74, 6) is 1.55. The summed E-state index contributed by atoms with van der Waals surface area (Å²) in [5.41, 5.74) is 0.403. The fourth-order valence-electron chi connectivity index (χ4n) is 6.42. The van der Waals surface area contributed by atoms with E-state index >= 15 is 0 Å². The Morgan fingerprint density at radius 2 is 1.86 bits per heavy atom. The maximum Gasteiger partial charge on any atom is 0.261 e. The fraction of sp³-hybridized carbons (Fsp3) is 0.727. The van der Waals surface area contributed by atoms with E-state index in [0.29, 0.717) is 40.7 Å². The highest BCUT2D eigenvalue weighted by Gasteiger charge is 2.55. The van der Waals surface area contributed by atoms with Gasteiger partial charge in [-0.2, -0.15) is 0 Å². The molecule has 0 spiro atoms.